The monoisotopic (exact) mass is 272 g/mol. The Kier molecular flexibility index (Phi) is 5.60. The van der Waals surface area contributed by atoms with Crippen LogP contribution in [-0.4, -0.2) is 52.3 Å². The highest BCUT2D eigenvalue weighted by Gasteiger charge is 2.27. The Morgan fingerprint density at radius 2 is 1.89 bits per heavy atom. The predicted octanol–water partition coefficient (Wildman–Crippen LogP) is 1.19. The minimum atomic E-state index is -1.42. The first-order valence-corrected chi connectivity index (χ1v) is 6.77. The largest absolute Gasteiger partial charge is 0.481 e. The Bertz CT molecular complexity index is 325. The molecule has 6 nitrogen and oxygen atoms in total. The third-order valence-electron chi connectivity index (χ3n) is 3.60. The molecule has 2 amide bonds. The van der Waals surface area contributed by atoms with E-state index in [1.165, 1.54) is 13.3 Å². The number of carbonyl (C=O) groups excluding carboxylic acids is 1. The number of hydrogen-bond donors (Lipinski definition) is 3. The molecule has 1 aliphatic carbocycles. The first kappa shape index (κ1) is 15.8. The molecule has 6 heteroatoms. The minimum absolute atomic E-state index is 0.0603. The van der Waals surface area contributed by atoms with Crippen molar-refractivity contribution >= 4 is 12.0 Å². The number of carbonyl (C=O) groups is 2. The summed E-state index contributed by atoms with van der Waals surface area (Å²) in [5.74, 6) is -1.08. The summed E-state index contributed by atoms with van der Waals surface area (Å²) in [6.07, 6.45) is 5.13. The van der Waals surface area contributed by atoms with Crippen molar-refractivity contribution in [3.63, 3.8) is 0 Å². The fourth-order valence-corrected chi connectivity index (χ4v) is 2.41. The van der Waals surface area contributed by atoms with Crippen LogP contribution in [0.4, 0.5) is 4.79 Å². The zero-order valence-electron chi connectivity index (χ0n) is 11.7. The number of nitrogens with zero attached hydrogens (tertiary/aromatic N) is 1. The molecule has 3 N–H and O–H groups in total. The number of urea groups is 1. The summed E-state index contributed by atoms with van der Waals surface area (Å²) in [5, 5.41) is 21.1. The quantitative estimate of drug-likeness (QED) is 0.701. The van der Waals surface area contributed by atoms with Crippen LogP contribution >= 0.6 is 0 Å². The normalized spacial score (nSPS) is 19.5. The number of hydrogen-bond acceptors (Lipinski definition) is 3. The zero-order valence-corrected chi connectivity index (χ0v) is 11.7. The summed E-state index contributed by atoms with van der Waals surface area (Å²) in [5.41, 5.74) is -1.42. The lowest BCUT2D eigenvalue weighted by Crippen LogP contribution is -2.49. The molecule has 0 radical (unpaired) electrons. The second kappa shape index (κ2) is 6.75. The van der Waals surface area contributed by atoms with Crippen molar-refractivity contribution in [1.29, 1.82) is 0 Å². The summed E-state index contributed by atoms with van der Waals surface area (Å²) in [4.78, 5) is 24.2. The molecule has 0 aromatic carbocycles. The summed E-state index contributed by atoms with van der Waals surface area (Å²) in [7, 11) is 1.75. The van der Waals surface area contributed by atoms with E-state index < -0.39 is 11.6 Å². The fraction of sp³-hybridized carbons (Fsp3) is 0.846. The molecule has 0 aromatic rings. The second-order valence-electron chi connectivity index (χ2n) is 5.63. The van der Waals surface area contributed by atoms with Gasteiger partial charge in [0.05, 0.1) is 12.0 Å². The van der Waals surface area contributed by atoms with Crippen LogP contribution < -0.4 is 5.32 Å². The predicted molar refractivity (Wildman–Crippen MR) is 70.9 cm³/mol. The minimum Gasteiger partial charge on any atom is -0.481 e. The Hall–Kier alpha value is -1.30. The number of carboxylic acids is 1. The van der Waals surface area contributed by atoms with Crippen LogP contribution in [0.1, 0.15) is 45.4 Å². The van der Waals surface area contributed by atoms with Crippen molar-refractivity contribution in [2.45, 2.75) is 57.1 Å². The Morgan fingerprint density at radius 3 is 2.42 bits per heavy atom. The maximum Gasteiger partial charge on any atom is 0.317 e. The van der Waals surface area contributed by atoms with Crippen LogP contribution in [0.2, 0.25) is 0 Å². The average molecular weight is 272 g/mol. The second-order valence-corrected chi connectivity index (χ2v) is 5.63. The van der Waals surface area contributed by atoms with E-state index in [4.69, 9.17) is 5.11 Å². The molecule has 1 saturated carbocycles. The van der Waals surface area contributed by atoms with Crippen LogP contribution in [0, 0.1) is 0 Å². The van der Waals surface area contributed by atoms with Gasteiger partial charge in [0.2, 0.25) is 0 Å². The third kappa shape index (κ3) is 5.46. The molecule has 1 aliphatic rings. The molecular formula is C13H24N2O4. The van der Waals surface area contributed by atoms with E-state index in [1.807, 2.05) is 0 Å². The van der Waals surface area contributed by atoms with E-state index in [1.54, 1.807) is 11.9 Å². The number of nitrogens with one attached hydrogen (secondary N) is 1. The van der Waals surface area contributed by atoms with E-state index in [9.17, 15) is 14.7 Å². The molecule has 110 valence electrons. The van der Waals surface area contributed by atoms with Gasteiger partial charge in [-0.25, -0.2) is 4.79 Å². The Balaban J connectivity index is 2.39. The van der Waals surface area contributed by atoms with Crippen molar-refractivity contribution in [1.82, 2.24) is 10.2 Å². The summed E-state index contributed by atoms with van der Waals surface area (Å²) >= 11 is 0. The maximum absolute atomic E-state index is 11.9. The van der Waals surface area contributed by atoms with E-state index >= 15 is 0 Å². The molecule has 1 atom stereocenters. The molecule has 0 heterocycles. The fourth-order valence-electron chi connectivity index (χ4n) is 2.41. The van der Waals surface area contributed by atoms with Crippen LogP contribution in [0.25, 0.3) is 0 Å². The highest BCUT2D eigenvalue weighted by Crippen LogP contribution is 2.21. The highest BCUT2D eigenvalue weighted by molar-refractivity contribution is 5.74. The lowest BCUT2D eigenvalue weighted by Gasteiger charge is -2.32. The topological polar surface area (TPSA) is 89.9 Å². The first-order valence-electron chi connectivity index (χ1n) is 6.77. The molecule has 1 fully saturated rings. The highest BCUT2D eigenvalue weighted by atomic mass is 16.4. The van der Waals surface area contributed by atoms with Gasteiger partial charge in [-0.1, -0.05) is 19.3 Å². The average Bonchev–Trinajstić information content (AvgIpc) is 2.34. The van der Waals surface area contributed by atoms with E-state index in [0.29, 0.717) is 0 Å². The maximum atomic E-state index is 11.9. The summed E-state index contributed by atoms with van der Waals surface area (Å²) in [6.45, 7) is 1.34. The van der Waals surface area contributed by atoms with Gasteiger partial charge in [-0.2, -0.15) is 0 Å². The first-order chi connectivity index (χ1) is 8.82. The van der Waals surface area contributed by atoms with Crippen molar-refractivity contribution in [2.24, 2.45) is 0 Å². The molecular weight excluding hydrogens is 248 g/mol. The third-order valence-corrected chi connectivity index (χ3v) is 3.60. The summed E-state index contributed by atoms with van der Waals surface area (Å²) < 4.78 is 0. The SMILES string of the molecule is CN(C(=O)NCC(C)(O)CC(=O)O)C1CCCCC1. The van der Waals surface area contributed by atoms with Crippen molar-refractivity contribution in [3.8, 4) is 0 Å². The van der Waals surface area contributed by atoms with Crippen LogP contribution in [0.5, 0.6) is 0 Å². The van der Waals surface area contributed by atoms with E-state index in [2.05, 4.69) is 5.32 Å². The summed E-state index contributed by atoms with van der Waals surface area (Å²) in [6, 6.07) is -0.00395. The van der Waals surface area contributed by atoms with Gasteiger partial charge in [0, 0.05) is 19.6 Å². The van der Waals surface area contributed by atoms with Gasteiger partial charge in [-0.15, -0.1) is 0 Å². The number of carboxylic acid groups (broad SMARTS) is 1. The molecule has 0 aromatic heterocycles. The van der Waals surface area contributed by atoms with Gasteiger partial charge < -0.3 is 20.4 Å². The van der Waals surface area contributed by atoms with Crippen LogP contribution in [0.15, 0.2) is 0 Å². The molecule has 1 unspecified atom stereocenters. The van der Waals surface area contributed by atoms with Gasteiger partial charge in [0.15, 0.2) is 0 Å². The lowest BCUT2D eigenvalue weighted by atomic mass is 9.95. The van der Waals surface area contributed by atoms with Gasteiger partial charge in [0.25, 0.3) is 0 Å². The van der Waals surface area contributed by atoms with Crippen molar-refractivity contribution in [3.05, 3.63) is 0 Å². The van der Waals surface area contributed by atoms with E-state index in [0.717, 1.165) is 25.7 Å². The van der Waals surface area contributed by atoms with Gasteiger partial charge >= 0.3 is 12.0 Å². The number of aliphatic carboxylic acids is 1. The number of amides is 2. The molecule has 1 rings (SSSR count). The standard InChI is InChI=1S/C13H24N2O4/c1-13(19,8-11(16)17)9-14-12(18)15(2)10-6-4-3-5-7-10/h10,19H,3-9H2,1-2H3,(H,14,18)(H,16,17). The smallest absolute Gasteiger partial charge is 0.317 e. The van der Waals surface area contributed by atoms with Gasteiger partial charge in [-0.05, 0) is 19.8 Å². The van der Waals surface area contributed by atoms with Gasteiger partial charge in [-0.3, -0.25) is 4.79 Å². The Morgan fingerprint density at radius 1 is 1.32 bits per heavy atom. The molecule has 0 saturated heterocycles. The molecule has 0 aliphatic heterocycles. The Labute approximate surface area is 113 Å². The number of aliphatic hydroxyl groups is 1. The molecule has 19 heavy (non-hydrogen) atoms. The lowest BCUT2D eigenvalue weighted by molar-refractivity contribution is -0.141. The van der Waals surface area contributed by atoms with Crippen LogP contribution in [0.3, 0.4) is 0 Å². The van der Waals surface area contributed by atoms with Crippen LogP contribution in [-0.2, 0) is 4.79 Å². The molecule has 0 bridgehead atoms. The number of rotatable bonds is 5. The molecule has 0 spiro atoms. The zero-order chi connectivity index (χ0) is 14.5. The van der Waals surface area contributed by atoms with Gasteiger partial charge in [0.1, 0.15) is 0 Å². The van der Waals surface area contributed by atoms with E-state index in [-0.39, 0.29) is 25.0 Å². The van der Waals surface area contributed by atoms with Crippen molar-refractivity contribution < 1.29 is 19.8 Å². The van der Waals surface area contributed by atoms with Crippen molar-refractivity contribution in [2.75, 3.05) is 13.6 Å².